The second-order valence-electron chi connectivity index (χ2n) is 5.05. The van der Waals surface area contributed by atoms with Crippen LogP contribution in [0.25, 0.3) is 0 Å². The minimum atomic E-state index is -0.00838. The van der Waals surface area contributed by atoms with Crippen LogP contribution in [0.2, 0.25) is 0 Å². The molecule has 104 valence electrons. The third kappa shape index (κ3) is 3.23. The van der Waals surface area contributed by atoms with Crippen molar-refractivity contribution in [2.75, 3.05) is 31.6 Å². The molecule has 1 atom stereocenters. The molecule has 1 aromatic rings. The van der Waals surface area contributed by atoms with Crippen LogP contribution in [-0.4, -0.2) is 42.5 Å². The smallest absolute Gasteiger partial charge is 0.241 e. The van der Waals surface area contributed by atoms with E-state index in [0.29, 0.717) is 6.54 Å². The summed E-state index contributed by atoms with van der Waals surface area (Å²) in [6.45, 7) is 4.18. The van der Waals surface area contributed by atoms with Gasteiger partial charge in [0.2, 0.25) is 5.91 Å². The van der Waals surface area contributed by atoms with E-state index < -0.39 is 0 Å². The molecular formula is C14H22N4O. The Hall–Kier alpha value is -1.62. The molecule has 1 aromatic heterocycles. The van der Waals surface area contributed by atoms with Gasteiger partial charge in [0.1, 0.15) is 0 Å². The summed E-state index contributed by atoms with van der Waals surface area (Å²) in [6.07, 6.45) is 3.68. The van der Waals surface area contributed by atoms with Crippen LogP contribution < -0.4 is 10.6 Å². The fraction of sp³-hybridized carbons (Fsp3) is 0.571. The number of anilines is 1. The summed E-state index contributed by atoms with van der Waals surface area (Å²) in [7, 11) is 1.85. The van der Waals surface area contributed by atoms with Crippen LogP contribution in [0, 0.1) is 0 Å². The van der Waals surface area contributed by atoms with E-state index in [9.17, 15) is 4.79 Å². The highest BCUT2D eigenvalue weighted by molar-refractivity contribution is 5.81. The van der Waals surface area contributed by atoms with Gasteiger partial charge in [-0.25, -0.2) is 0 Å². The molecule has 0 radical (unpaired) electrons. The Kier molecular flexibility index (Phi) is 4.37. The average Bonchev–Trinajstić information content (AvgIpc) is 2.60. The Morgan fingerprint density at radius 3 is 2.84 bits per heavy atom. The molecule has 1 saturated heterocycles. The van der Waals surface area contributed by atoms with Gasteiger partial charge >= 0.3 is 0 Å². The fourth-order valence-corrected chi connectivity index (χ4v) is 2.22. The van der Waals surface area contributed by atoms with Gasteiger partial charge in [-0.2, -0.15) is 0 Å². The van der Waals surface area contributed by atoms with E-state index in [1.165, 1.54) is 0 Å². The molecule has 5 nitrogen and oxygen atoms in total. The monoisotopic (exact) mass is 262 g/mol. The molecule has 0 aromatic carbocycles. The van der Waals surface area contributed by atoms with E-state index in [0.717, 1.165) is 37.3 Å². The summed E-state index contributed by atoms with van der Waals surface area (Å²) in [5.74, 6) is 0.159. The van der Waals surface area contributed by atoms with Gasteiger partial charge in [-0.3, -0.25) is 9.78 Å². The molecule has 0 saturated carbocycles. The minimum absolute atomic E-state index is 0.00838. The van der Waals surface area contributed by atoms with Crippen LogP contribution >= 0.6 is 0 Å². The summed E-state index contributed by atoms with van der Waals surface area (Å²) in [5.41, 5.74) is 7.85. The van der Waals surface area contributed by atoms with E-state index in [4.69, 9.17) is 5.73 Å². The summed E-state index contributed by atoms with van der Waals surface area (Å²) < 4.78 is 0. The van der Waals surface area contributed by atoms with Gasteiger partial charge in [0.15, 0.2) is 0 Å². The lowest BCUT2D eigenvalue weighted by Crippen LogP contribution is -2.34. The second kappa shape index (κ2) is 6.02. The number of carbonyl (C=O) groups is 1. The van der Waals surface area contributed by atoms with Crippen LogP contribution in [0.1, 0.15) is 31.5 Å². The number of pyridine rings is 1. The molecule has 1 aliphatic heterocycles. The minimum Gasteiger partial charge on any atom is -0.361 e. The van der Waals surface area contributed by atoms with E-state index in [1.807, 2.05) is 32.3 Å². The van der Waals surface area contributed by atoms with Crippen molar-refractivity contribution in [3.63, 3.8) is 0 Å². The van der Waals surface area contributed by atoms with Gasteiger partial charge in [-0.15, -0.1) is 0 Å². The first-order valence-corrected chi connectivity index (χ1v) is 6.82. The summed E-state index contributed by atoms with van der Waals surface area (Å²) in [4.78, 5) is 20.1. The molecule has 1 fully saturated rings. The zero-order chi connectivity index (χ0) is 13.8. The van der Waals surface area contributed by atoms with Crippen LogP contribution in [0.4, 0.5) is 5.69 Å². The first-order chi connectivity index (χ1) is 9.11. The summed E-state index contributed by atoms with van der Waals surface area (Å²) in [5, 5.41) is 0. The van der Waals surface area contributed by atoms with Crippen molar-refractivity contribution in [3.05, 3.63) is 24.0 Å². The van der Waals surface area contributed by atoms with Crippen molar-refractivity contribution >= 4 is 11.6 Å². The van der Waals surface area contributed by atoms with Crippen LogP contribution in [0.3, 0.4) is 0 Å². The zero-order valence-electron chi connectivity index (χ0n) is 11.7. The zero-order valence-corrected chi connectivity index (χ0v) is 11.7. The summed E-state index contributed by atoms with van der Waals surface area (Å²) >= 11 is 0. The number of likely N-dealkylation sites (N-methyl/N-ethyl adjacent to an activating group) is 1. The predicted octanol–water partition coefficient (Wildman–Crippen LogP) is 1.16. The van der Waals surface area contributed by atoms with Gasteiger partial charge < -0.3 is 15.5 Å². The Morgan fingerprint density at radius 2 is 2.21 bits per heavy atom. The standard InChI is InChI=1S/C14H22N4O/c1-3-12(15)13-6-5-11(9-16-13)18-8-4-7-17(2)14(19)10-18/h5-6,9,12H,3-4,7-8,10,15H2,1-2H3. The maximum Gasteiger partial charge on any atom is 0.241 e. The fourth-order valence-electron chi connectivity index (χ4n) is 2.22. The lowest BCUT2D eigenvalue weighted by Gasteiger charge is -2.22. The maximum absolute atomic E-state index is 11.9. The highest BCUT2D eigenvalue weighted by Gasteiger charge is 2.19. The quantitative estimate of drug-likeness (QED) is 0.888. The Bertz CT molecular complexity index is 432. The average molecular weight is 262 g/mol. The van der Waals surface area contributed by atoms with Gasteiger partial charge in [0.05, 0.1) is 24.1 Å². The first-order valence-electron chi connectivity index (χ1n) is 6.82. The molecule has 1 aliphatic rings. The van der Waals surface area contributed by atoms with Gasteiger partial charge in [-0.1, -0.05) is 6.92 Å². The molecule has 5 heteroatoms. The number of rotatable bonds is 3. The number of amides is 1. The molecule has 1 amide bonds. The number of nitrogens with zero attached hydrogens (tertiary/aromatic N) is 3. The van der Waals surface area contributed by atoms with Crippen molar-refractivity contribution in [2.24, 2.45) is 5.73 Å². The van der Waals surface area contributed by atoms with E-state index in [-0.39, 0.29) is 11.9 Å². The Morgan fingerprint density at radius 1 is 1.42 bits per heavy atom. The Labute approximate surface area is 114 Å². The van der Waals surface area contributed by atoms with Crippen molar-refractivity contribution in [1.29, 1.82) is 0 Å². The van der Waals surface area contributed by atoms with Crippen molar-refractivity contribution in [2.45, 2.75) is 25.8 Å². The highest BCUT2D eigenvalue weighted by atomic mass is 16.2. The maximum atomic E-state index is 11.9. The molecule has 2 rings (SSSR count). The summed E-state index contributed by atoms with van der Waals surface area (Å²) in [6, 6.07) is 3.96. The number of hydrogen-bond donors (Lipinski definition) is 1. The molecule has 1 unspecified atom stereocenters. The van der Waals surface area contributed by atoms with E-state index >= 15 is 0 Å². The highest BCUT2D eigenvalue weighted by Crippen LogP contribution is 2.18. The first kappa shape index (κ1) is 13.8. The van der Waals surface area contributed by atoms with Crippen LogP contribution in [-0.2, 0) is 4.79 Å². The van der Waals surface area contributed by atoms with Crippen LogP contribution in [0.5, 0.6) is 0 Å². The lowest BCUT2D eigenvalue weighted by atomic mass is 10.1. The predicted molar refractivity (Wildman–Crippen MR) is 75.9 cm³/mol. The number of nitrogens with two attached hydrogens (primary N) is 1. The van der Waals surface area contributed by atoms with Gasteiger partial charge in [0.25, 0.3) is 0 Å². The van der Waals surface area contributed by atoms with Crippen molar-refractivity contribution in [3.8, 4) is 0 Å². The molecule has 2 heterocycles. The van der Waals surface area contributed by atoms with Crippen molar-refractivity contribution < 1.29 is 4.79 Å². The van der Waals surface area contributed by atoms with Gasteiger partial charge in [0, 0.05) is 26.2 Å². The third-order valence-electron chi connectivity index (χ3n) is 3.63. The second-order valence-corrected chi connectivity index (χ2v) is 5.05. The SMILES string of the molecule is CCC(N)c1ccc(N2CCCN(C)C(=O)C2)cn1. The number of carbonyl (C=O) groups excluding carboxylic acids is 1. The number of aromatic nitrogens is 1. The normalized spacial score (nSPS) is 18.4. The lowest BCUT2D eigenvalue weighted by molar-refractivity contribution is -0.127. The molecule has 0 spiro atoms. The Balaban J connectivity index is 2.11. The number of hydrogen-bond acceptors (Lipinski definition) is 4. The van der Waals surface area contributed by atoms with Gasteiger partial charge in [-0.05, 0) is 25.0 Å². The van der Waals surface area contributed by atoms with E-state index in [2.05, 4.69) is 9.88 Å². The van der Waals surface area contributed by atoms with Crippen LogP contribution in [0.15, 0.2) is 18.3 Å². The molecule has 2 N–H and O–H groups in total. The van der Waals surface area contributed by atoms with Crippen molar-refractivity contribution in [1.82, 2.24) is 9.88 Å². The molecule has 0 bridgehead atoms. The largest absolute Gasteiger partial charge is 0.361 e. The molecular weight excluding hydrogens is 240 g/mol. The van der Waals surface area contributed by atoms with E-state index in [1.54, 1.807) is 4.90 Å². The third-order valence-corrected chi connectivity index (χ3v) is 3.63. The molecule has 0 aliphatic carbocycles. The topological polar surface area (TPSA) is 62.5 Å². The molecule has 19 heavy (non-hydrogen) atoms.